The van der Waals surface area contributed by atoms with Crippen LogP contribution in [0.4, 0.5) is 11.5 Å². The third-order valence-corrected chi connectivity index (χ3v) is 4.47. The van der Waals surface area contributed by atoms with E-state index in [0.29, 0.717) is 35.9 Å². The van der Waals surface area contributed by atoms with Crippen molar-refractivity contribution in [3.8, 4) is 0 Å². The van der Waals surface area contributed by atoms with Crippen LogP contribution in [0, 0.1) is 0 Å². The van der Waals surface area contributed by atoms with Gasteiger partial charge in [0.1, 0.15) is 12.4 Å². The number of pyridine rings is 2. The summed E-state index contributed by atoms with van der Waals surface area (Å²) < 4.78 is 5.12. The minimum absolute atomic E-state index is 0.0707. The predicted octanol–water partition coefficient (Wildman–Crippen LogP) is 1.66. The molecule has 0 unspecified atom stereocenters. The van der Waals surface area contributed by atoms with Gasteiger partial charge in [0.2, 0.25) is 0 Å². The zero-order valence-electron chi connectivity index (χ0n) is 15.0. The summed E-state index contributed by atoms with van der Waals surface area (Å²) in [5.41, 5.74) is 7.97. The van der Waals surface area contributed by atoms with Gasteiger partial charge in [-0.1, -0.05) is 18.2 Å². The number of morpholine rings is 1. The van der Waals surface area contributed by atoms with Crippen LogP contribution < -0.4 is 21.5 Å². The maximum absolute atomic E-state index is 12.3. The molecule has 1 aromatic carbocycles. The van der Waals surface area contributed by atoms with Crippen LogP contribution in [0.5, 0.6) is 0 Å². The maximum Gasteiger partial charge on any atom is 0.257 e. The minimum atomic E-state index is -0.256. The molecule has 28 heavy (non-hydrogen) atoms. The number of hydrogen-bond donors (Lipinski definition) is 3. The van der Waals surface area contributed by atoms with Gasteiger partial charge in [-0.25, -0.2) is 4.98 Å². The Kier molecular flexibility index (Phi) is 4.77. The van der Waals surface area contributed by atoms with Gasteiger partial charge in [-0.05, 0) is 29.7 Å². The van der Waals surface area contributed by atoms with E-state index in [1.54, 1.807) is 35.5 Å². The Labute approximate surface area is 160 Å². The molecule has 4 N–H and O–H groups in total. The number of nitrogens with zero attached hydrogens (tertiary/aromatic N) is 2. The highest BCUT2D eigenvalue weighted by Crippen LogP contribution is 2.17. The maximum atomic E-state index is 12.3. The second-order valence-corrected chi connectivity index (χ2v) is 6.35. The first-order valence-electron chi connectivity index (χ1n) is 8.80. The van der Waals surface area contributed by atoms with Gasteiger partial charge in [-0.2, -0.15) is 0 Å². The number of para-hydroxylation sites is 1. The molecule has 0 atom stereocenters. The number of anilines is 2. The Morgan fingerprint density at radius 2 is 2.11 bits per heavy atom. The third-order valence-electron chi connectivity index (χ3n) is 4.47. The second kappa shape index (κ2) is 7.53. The molecule has 8 nitrogen and oxygen atoms in total. The Morgan fingerprint density at radius 3 is 2.89 bits per heavy atom. The van der Waals surface area contributed by atoms with Crippen LogP contribution in [0.15, 0.2) is 59.7 Å². The van der Waals surface area contributed by atoms with Crippen molar-refractivity contribution in [2.24, 2.45) is 5.73 Å². The number of fused-ring (bicyclic) bond motifs is 1. The zero-order chi connectivity index (χ0) is 19.5. The van der Waals surface area contributed by atoms with E-state index >= 15 is 0 Å². The summed E-state index contributed by atoms with van der Waals surface area (Å²) >= 11 is 0. The molecule has 0 spiro atoms. The molecule has 0 radical (unpaired) electrons. The highest BCUT2D eigenvalue weighted by Gasteiger charge is 2.20. The SMILES string of the molecule is N/C(=C\Nc1ccc(N2CCOCC2=O)nc1)c1cc2ccccc2[nH]c1=O. The smallest absolute Gasteiger partial charge is 0.257 e. The number of amides is 1. The normalized spacial score (nSPS) is 15.1. The van der Waals surface area contributed by atoms with E-state index in [2.05, 4.69) is 15.3 Å². The number of carbonyl (C=O) groups excluding carboxylic acids is 1. The highest BCUT2D eigenvalue weighted by atomic mass is 16.5. The van der Waals surface area contributed by atoms with Crippen LogP contribution in [0.1, 0.15) is 5.56 Å². The Morgan fingerprint density at radius 1 is 1.25 bits per heavy atom. The minimum Gasteiger partial charge on any atom is -0.397 e. The average Bonchev–Trinajstić information content (AvgIpc) is 2.72. The molecule has 0 bridgehead atoms. The van der Waals surface area contributed by atoms with Crippen LogP contribution in [0.2, 0.25) is 0 Å². The predicted molar refractivity (Wildman–Crippen MR) is 108 cm³/mol. The largest absolute Gasteiger partial charge is 0.397 e. The number of aromatic nitrogens is 2. The van der Waals surface area contributed by atoms with Crippen LogP contribution in [0.25, 0.3) is 16.6 Å². The zero-order valence-corrected chi connectivity index (χ0v) is 15.0. The van der Waals surface area contributed by atoms with E-state index in [4.69, 9.17) is 10.5 Å². The summed E-state index contributed by atoms with van der Waals surface area (Å²) in [4.78, 5) is 32.9. The average molecular weight is 377 g/mol. The molecule has 0 saturated carbocycles. The number of benzene rings is 1. The van der Waals surface area contributed by atoms with Crippen molar-refractivity contribution in [2.75, 3.05) is 30.0 Å². The van der Waals surface area contributed by atoms with Crippen molar-refractivity contribution in [1.82, 2.24) is 9.97 Å². The van der Waals surface area contributed by atoms with Crippen LogP contribution in [0.3, 0.4) is 0 Å². The molecular formula is C20H19N5O3. The Hall–Kier alpha value is -3.65. The lowest BCUT2D eigenvalue weighted by Crippen LogP contribution is -2.42. The van der Waals surface area contributed by atoms with Gasteiger partial charge < -0.3 is 20.8 Å². The quantitative estimate of drug-likeness (QED) is 0.637. The number of H-pyrrole nitrogens is 1. The number of nitrogens with two attached hydrogens (primary N) is 1. The number of aromatic amines is 1. The van der Waals surface area contributed by atoms with Crippen molar-refractivity contribution in [3.05, 3.63) is 70.8 Å². The number of ether oxygens (including phenoxy) is 1. The second-order valence-electron chi connectivity index (χ2n) is 6.35. The monoisotopic (exact) mass is 377 g/mol. The van der Waals surface area contributed by atoms with E-state index < -0.39 is 0 Å². The van der Waals surface area contributed by atoms with E-state index in [-0.39, 0.29) is 18.1 Å². The summed E-state index contributed by atoms with van der Waals surface area (Å²) in [5, 5.41) is 3.93. The van der Waals surface area contributed by atoms with Crippen molar-refractivity contribution < 1.29 is 9.53 Å². The topological polar surface area (TPSA) is 113 Å². The lowest BCUT2D eigenvalue weighted by Gasteiger charge is -2.25. The molecule has 2 aromatic heterocycles. The summed E-state index contributed by atoms with van der Waals surface area (Å²) in [7, 11) is 0. The standard InChI is InChI=1S/C20H19N5O3/c21-16(15-9-13-3-1-2-4-17(13)24-20(15)27)11-22-14-5-6-18(23-10-14)25-7-8-28-12-19(25)26/h1-6,9-11,22H,7-8,12,21H2,(H,24,27)/b16-11-. The fraction of sp³-hybridized carbons (Fsp3) is 0.150. The van der Waals surface area contributed by atoms with Crippen molar-refractivity contribution in [1.29, 1.82) is 0 Å². The molecule has 0 aliphatic carbocycles. The number of hydrogen-bond acceptors (Lipinski definition) is 6. The summed E-state index contributed by atoms with van der Waals surface area (Å²) in [6.45, 7) is 1.05. The lowest BCUT2D eigenvalue weighted by molar-refractivity contribution is -0.125. The van der Waals surface area contributed by atoms with Crippen LogP contribution in [-0.2, 0) is 9.53 Å². The Balaban J connectivity index is 1.51. The van der Waals surface area contributed by atoms with Crippen molar-refractivity contribution >= 4 is 34.0 Å². The molecule has 8 heteroatoms. The highest BCUT2D eigenvalue weighted by molar-refractivity contribution is 5.94. The Bertz CT molecular complexity index is 1100. The first kappa shape index (κ1) is 17.7. The van der Waals surface area contributed by atoms with Gasteiger partial charge in [0.25, 0.3) is 11.5 Å². The van der Waals surface area contributed by atoms with E-state index in [9.17, 15) is 9.59 Å². The van der Waals surface area contributed by atoms with Crippen molar-refractivity contribution in [3.63, 3.8) is 0 Å². The molecule has 1 saturated heterocycles. The lowest BCUT2D eigenvalue weighted by atomic mass is 10.1. The van der Waals surface area contributed by atoms with Gasteiger partial charge in [-0.3, -0.25) is 14.5 Å². The molecule has 142 valence electrons. The number of carbonyl (C=O) groups is 1. The number of rotatable bonds is 4. The molecule has 1 aliphatic heterocycles. The molecule has 1 fully saturated rings. The molecular weight excluding hydrogens is 358 g/mol. The van der Waals surface area contributed by atoms with E-state index in [0.717, 1.165) is 10.9 Å². The third kappa shape index (κ3) is 3.58. The molecule has 4 rings (SSSR count). The van der Waals surface area contributed by atoms with Gasteiger partial charge in [0.15, 0.2) is 0 Å². The summed E-state index contributed by atoms with van der Waals surface area (Å²) in [6, 6.07) is 12.8. The molecule has 3 aromatic rings. The van der Waals surface area contributed by atoms with Gasteiger partial charge >= 0.3 is 0 Å². The fourth-order valence-corrected chi connectivity index (χ4v) is 2.99. The summed E-state index contributed by atoms with van der Waals surface area (Å²) in [6.07, 6.45) is 3.16. The van der Waals surface area contributed by atoms with E-state index in [1.165, 1.54) is 0 Å². The molecule has 1 aliphatic rings. The van der Waals surface area contributed by atoms with Gasteiger partial charge in [0, 0.05) is 11.7 Å². The first-order valence-corrected chi connectivity index (χ1v) is 8.80. The summed E-state index contributed by atoms with van der Waals surface area (Å²) in [5.74, 6) is 0.459. The van der Waals surface area contributed by atoms with Crippen molar-refractivity contribution in [2.45, 2.75) is 0 Å². The van der Waals surface area contributed by atoms with Gasteiger partial charge in [-0.15, -0.1) is 0 Å². The van der Waals surface area contributed by atoms with Crippen LogP contribution >= 0.6 is 0 Å². The number of nitrogens with one attached hydrogen (secondary N) is 2. The van der Waals surface area contributed by atoms with E-state index in [1.807, 2.05) is 24.3 Å². The molecule has 3 heterocycles. The first-order chi connectivity index (χ1) is 13.6. The molecule has 1 amide bonds. The van der Waals surface area contributed by atoms with Gasteiger partial charge in [0.05, 0.1) is 36.3 Å². The van der Waals surface area contributed by atoms with Crippen LogP contribution in [-0.4, -0.2) is 35.6 Å². The fourth-order valence-electron chi connectivity index (χ4n) is 2.99.